The molecule has 2 aromatic rings. The molecule has 1 amide bonds. The van der Waals surface area contributed by atoms with Gasteiger partial charge < -0.3 is 5.32 Å². The molecule has 1 aliphatic heterocycles. The van der Waals surface area contributed by atoms with E-state index in [-0.39, 0.29) is 11.7 Å². The van der Waals surface area contributed by atoms with Gasteiger partial charge >= 0.3 is 6.18 Å². The Balaban J connectivity index is 1.80. The number of anilines is 2. The van der Waals surface area contributed by atoms with Crippen LogP contribution in [0.1, 0.15) is 28.4 Å². The Morgan fingerprint density at radius 2 is 1.78 bits per heavy atom. The van der Waals surface area contributed by atoms with Crippen LogP contribution >= 0.6 is 0 Å². The van der Waals surface area contributed by atoms with E-state index in [1.165, 1.54) is 22.5 Å². The van der Waals surface area contributed by atoms with E-state index in [4.69, 9.17) is 0 Å². The third kappa shape index (κ3) is 3.92. The van der Waals surface area contributed by atoms with Crippen LogP contribution < -0.4 is 9.62 Å². The third-order valence-corrected chi connectivity index (χ3v) is 5.59. The number of rotatable bonds is 3. The van der Waals surface area contributed by atoms with Crippen molar-refractivity contribution in [3.05, 3.63) is 59.2 Å². The smallest absolute Gasteiger partial charge is 0.322 e. The molecule has 1 N–H and O–H groups in total. The number of carbonyl (C=O) groups is 1. The zero-order chi connectivity index (χ0) is 20.0. The Labute approximate surface area is 154 Å². The second-order valence-electron chi connectivity index (χ2n) is 6.48. The molecular weight excluding hydrogens is 381 g/mol. The van der Waals surface area contributed by atoms with Gasteiger partial charge in [-0.3, -0.25) is 9.10 Å². The van der Waals surface area contributed by atoms with Crippen molar-refractivity contribution in [2.75, 3.05) is 15.9 Å². The van der Waals surface area contributed by atoms with Gasteiger partial charge in [0.1, 0.15) is 0 Å². The topological polar surface area (TPSA) is 66.5 Å². The van der Waals surface area contributed by atoms with Crippen molar-refractivity contribution in [2.24, 2.45) is 0 Å². The molecule has 5 nitrogen and oxygen atoms in total. The summed E-state index contributed by atoms with van der Waals surface area (Å²) in [7, 11) is -3.42. The number of nitrogens with zero attached hydrogens (tertiary/aromatic N) is 1. The third-order valence-electron chi connectivity index (χ3n) is 4.32. The summed E-state index contributed by atoms with van der Waals surface area (Å²) in [6.45, 7) is 1.78. The Bertz CT molecular complexity index is 986. The number of sulfonamides is 1. The molecule has 0 bridgehead atoms. The molecule has 0 saturated heterocycles. The first-order valence-electron chi connectivity index (χ1n) is 8.08. The number of benzene rings is 2. The molecule has 2 aromatic carbocycles. The molecule has 3 rings (SSSR count). The van der Waals surface area contributed by atoms with Crippen molar-refractivity contribution < 1.29 is 26.4 Å². The number of nitrogens with one attached hydrogen (secondary N) is 1. The second kappa shape index (κ2) is 6.56. The van der Waals surface area contributed by atoms with Crippen LogP contribution in [0.3, 0.4) is 0 Å². The van der Waals surface area contributed by atoms with E-state index < -0.39 is 27.7 Å². The molecule has 0 spiro atoms. The van der Waals surface area contributed by atoms with Crippen LogP contribution in [0.25, 0.3) is 0 Å². The minimum Gasteiger partial charge on any atom is -0.322 e. The SMILES string of the molecule is C[C@@H]1Cc2cc(C(=O)Nc3ccc(C(F)(F)F)cc3)ccc2N1S(C)(=O)=O. The van der Waals surface area contributed by atoms with Gasteiger partial charge in [0.2, 0.25) is 10.0 Å². The maximum absolute atomic E-state index is 12.6. The summed E-state index contributed by atoms with van der Waals surface area (Å²) in [6, 6.07) is 8.58. The van der Waals surface area contributed by atoms with Crippen LogP contribution in [0.15, 0.2) is 42.5 Å². The van der Waals surface area contributed by atoms with Gasteiger partial charge in [-0.05, 0) is 61.4 Å². The zero-order valence-corrected chi connectivity index (χ0v) is 15.4. The van der Waals surface area contributed by atoms with Gasteiger partial charge in [0, 0.05) is 17.3 Å². The fourth-order valence-corrected chi connectivity index (χ4v) is 4.46. The first kappa shape index (κ1) is 19.2. The molecule has 0 unspecified atom stereocenters. The lowest BCUT2D eigenvalue weighted by atomic mass is 10.1. The Morgan fingerprint density at radius 3 is 2.33 bits per heavy atom. The lowest BCUT2D eigenvalue weighted by Crippen LogP contribution is -2.34. The molecule has 0 radical (unpaired) electrons. The number of amides is 1. The van der Waals surface area contributed by atoms with Gasteiger partial charge in [-0.1, -0.05) is 0 Å². The van der Waals surface area contributed by atoms with E-state index in [2.05, 4.69) is 5.32 Å². The number of halogens is 3. The molecule has 0 fully saturated rings. The van der Waals surface area contributed by atoms with Gasteiger partial charge in [0.05, 0.1) is 17.5 Å². The maximum atomic E-state index is 12.6. The van der Waals surface area contributed by atoms with Crippen molar-refractivity contribution >= 4 is 27.3 Å². The van der Waals surface area contributed by atoms with Crippen molar-refractivity contribution in [1.82, 2.24) is 0 Å². The number of fused-ring (bicyclic) bond motifs is 1. The van der Waals surface area contributed by atoms with E-state index in [0.717, 1.165) is 24.0 Å². The highest BCUT2D eigenvalue weighted by molar-refractivity contribution is 7.92. The Hall–Kier alpha value is -2.55. The number of hydrogen-bond acceptors (Lipinski definition) is 3. The van der Waals surface area contributed by atoms with Gasteiger partial charge in [0.25, 0.3) is 5.91 Å². The first-order chi connectivity index (χ1) is 12.5. The lowest BCUT2D eigenvalue weighted by Gasteiger charge is -2.21. The number of carbonyl (C=O) groups excluding carboxylic acids is 1. The largest absolute Gasteiger partial charge is 0.416 e. The molecule has 27 heavy (non-hydrogen) atoms. The predicted octanol–water partition coefficient (Wildman–Crippen LogP) is 3.67. The van der Waals surface area contributed by atoms with E-state index in [1.54, 1.807) is 19.1 Å². The first-order valence-corrected chi connectivity index (χ1v) is 9.92. The van der Waals surface area contributed by atoms with Gasteiger partial charge in [-0.15, -0.1) is 0 Å². The van der Waals surface area contributed by atoms with Crippen molar-refractivity contribution in [3.8, 4) is 0 Å². The summed E-state index contributed by atoms with van der Waals surface area (Å²) in [4.78, 5) is 12.4. The summed E-state index contributed by atoms with van der Waals surface area (Å²) in [5, 5.41) is 2.54. The zero-order valence-electron chi connectivity index (χ0n) is 14.5. The average Bonchev–Trinajstić information content (AvgIpc) is 2.89. The fourth-order valence-electron chi connectivity index (χ4n) is 3.20. The summed E-state index contributed by atoms with van der Waals surface area (Å²) < 4.78 is 62.9. The molecule has 144 valence electrons. The highest BCUT2D eigenvalue weighted by atomic mass is 32.2. The molecule has 1 atom stereocenters. The fraction of sp³-hybridized carbons (Fsp3) is 0.278. The van der Waals surface area contributed by atoms with Crippen LogP contribution in [0.5, 0.6) is 0 Å². The van der Waals surface area contributed by atoms with Gasteiger partial charge in [0.15, 0.2) is 0 Å². The molecule has 1 aliphatic rings. The van der Waals surface area contributed by atoms with Gasteiger partial charge in [-0.2, -0.15) is 13.2 Å². The van der Waals surface area contributed by atoms with Crippen molar-refractivity contribution in [1.29, 1.82) is 0 Å². The van der Waals surface area contributed by atoms with E-state index in [1.807, 2.05) is 0 Å². The quantitative estimate of drug-likeness (QED) is 0.858. The number of hydrogen-bond donors (Lipinski definition) is 1. The standard InChI is InChI=1S/C18H17F3N2O3S/c1-11-9-13-10-12(3-8-16(13)23(11)27(2,25)26)17(24)22-15-6-4-14(5-7-15)18(19,20)21/h3-8,10-11H,9H2,1-2H3,(H,22,24)/t11-/m1/s1. The van der Waals surface area contributed by atoms with E-state index in [0.29, 0.717) is 17.7 Å². The minimum atomic E-state index is -4.44. The minimum absolute atomic E-state index is 0.236. The molecule has 1 heterocycles. The van der Waals surface area contributed by atoms with Crippen LogP contribution in [0, 0.1) is 0 Å². The molecule has 0 aliphatic carbocycles. The maximum Gasteiger partial charge on any atom is 0.416 e. The monoisotopic (exact) mass is 398 g/mol. The molecule has 9 heteroatoms. The normalized spacial score (nSPS) is 16.9. The Kier molecular flexibility index (Phi) is 4.67. The second-order valence-corrected chi connectivity index (χ2v) is 8.34. The molecule has 0 aromatic heterocycles. The number of alkyl halides is 3. The summed E-state index contributed by atoms with van der Waals surface area (Å²) in [5.41, 5.74) is 1.01. The highest BCUT2D eigenvalue weighted by Crippen LogP contribution is 2.35. The van der Waals surface area contributed by atoms with Crippen LogP contribution in [-0.4, -0.2) is 26.6 Å². The molecule has 0 saturated carbocycles. The van der Waals surface area contributed by atoms with Gasteiger partial charge in [-0.25, -0.2) is 8.42 Å². The van der Waals surface area contributed by atoms with Crippen LogP contribution in [0.4, 0.5) is 24.5 Å². The van der Waals surface area contributed by atoms with E-state index in [9.17, 15) is 26.4 Å². The van der Waals surface area contributed by atoms with E-state index >= 15 is 0 Å². The highest BCUT2D eigenvalue weighted by Gasteiger charge is 2.33. The van der Waals surface area contributed by atoms with Crippen LogP contribution in [0.2, 0.25) is 0 Å². The molecular formula is C18H17F3N2O3S. The van der Waals surface area contributed by atoms with Crippen molar-refractivity contribution in [2.45, 2.75) is 25.6 Å². The summed E-state index contributed by atoms with van der Waals surface area (Å²) in [6.07, 6.45) is -2.83. The summed E-state index contributed by atoms with van der Waals surface area (Å²) >= 11 is 0. The van der Waals surface area contributed by atoms with Crippen molar-refractivity contribution in [3.63, 3.8) is 0 Å². The summed E-state index contributed by atoms with van der Waals surface area (Å²) in [5.74, 6) is -0.483. The van der Waals surface area contributed by atoms with Crippen LogP contribution in [-0.2, 0) is 22.6 Å². The lowest BCUT2D eigenvalue weighted by molar-refractivity contribution is -0.137. The average molecular weight is 398 g/mol. The Morgan fingerprint density at radius 1 is 1.15 bits per heavy atom. The predicted molar refractivity (Wildman–Crippen MR) is 96.3 cm³/mol.